The molecule has 2 aromatic rings. The second kappa shape index (κ2) is 4.49. The first-order valence-corrected chi connectivity index (χ1v) is 5.71. The van der Waals surface area contributed by atoms with Crippen LogP contribution in [0.2, 0.25) is 0 Å². The van der Waals surface area contributed by atoms with Crippen molar-refractivity contribution in [1.82, 2.24) is 9.78 Å². The topological polar surface area (TPSA) is 63.8 Å². The van der Waals surface area contributed by atoms with E-state index in [1.165, 1.54) is 0 Å². The van der Waals surface area contributed by atoms with Crippen LogP contribution in [0.25, 0.3) is 0 Å². The number of anilines is 1. The molecule has 0 fully saturated rings. The third-order valence-electron chi connectivity index (χ3n) is 2.78. The third-order valence-corrected chi connectivity index (χ3v) is 2.78. The van der Waals surface area contributed by atoms with Gasteiger partial charge in [-0.25, -0.2) is 4.68 Å². The standard InChI is InChI=1S/C13H17N3O/c1-9(2)12-11(14)13(17)16(15-12)8-10-6-4-3-5-7-10/h3-7,9,15H,8,14H2,1-2H3. The molecule has 0 aliphatic rings. The number of hydrogen-bond donors (Lipinski definition) is 2. The highest BCUT2D eigenvalue weighted by Gasteiger charge is 2.13. The van der Waals surface area contributed by atoms with E-state index in [1.807, 2.05) is 44.2 Å². The summed E-state index contributed by atoms with van der Waals surface area (Å²) in [6, 6.07) is 9.83. The normalized spacial score (nSPS) is 11.0. The largest absolute Gasteiger partial charge is 0.393 e. The van der Waals surface area contributed by atoms with Crippen LogP contribution in [0.5, 0.6) is 0 Å². The van der Waals surface area contributed by atoms with Gasteiger partial charge in [0.1, 0.15) is 5.69 Å². The molecule has 0 aliphatic carbocycles. The lowest BCUT2D eigenvalue weighted by atomic mass is 10.1. The van der Waals surface area contributed by atoms with Crippen molar-refractivity contribution >= 4 is 5.69 Å². The summed E-state index contributed by atoms with van der Waals surface area (Å²) in [6.07, 6.45) is 0. The van der Waals surface area contributed by atoms with E-state index in [0.717, 1.165) is 11.3 Å². The minimum absolute atomic E-state index is 0.141. The summed E-state index contributed by atoms with van der Waals surface area (Å²) in [5.41, 5.74) is 7.87. The summed E-state index contributed by atoms with van der Waals surface area (Å²) < 4.78 is 1.56. The predicted molar refractivity (Wildman–Crippen MR) is 69.1 cm³/mol. The van der Waals surface area contributed by atoms with Crippen LogP contribution in [0.4, 0.5) is 5.69 Å². The van der Waals surface area contributed by atoms with E-state index in [-0.39, 0.29) is 11.5 Å². The summed E-state index contributed by atoms with van der Waals surface area (Å²) >= 11 is 0. The van der Waals surface area contributed by atoms with Crippen molar-refractivity contribution in [2.24, 2.45) is 0 Å². The Morgan fingerprint density at radius 1 is 1.29 bits per heavy atom. The van der Waals surface area contributed by atoms with Crippen LogP contribution >= 0.6 is 0 Å². The zero-order chi connectivity index (χ0) is 12.4. The van der Waals surface area contributed by atoms with Gasteiger partial charge in [0.15, 0.2) is 0 Å². The van der Waals surface area contributed by atoms with Gasteiger partial charge in [0.05, 0.1) is 12.2 Å². The molecule has 1 aromatic heterocycles. The van der Waals surface area contributed by atoms with Crippen molar-refractivity contribution in [3.8, 4) is 0 Å². The van der Waals surface area contributed by atoms with Crippen molar-refractivity contribution in [2.45, 2.75) is 26.3 Å². The molecule has 4 nitrogen and oxygen atoms in total. The van der Waals surface area contributed by atoms with Crippen LogP contribution in [-0.4, -0.2) is 9.78 Å². The number of nitrogens with two attached hydrogens (primary N) is 1. The summed E-state index contributed by atoms with van der Waals surface area (Å²) in [5, 5.41) is 3.08. The molecule has 0 amide bonds. The van der Waals surface area contributed by atoms with E-state index in [2.05, 4.69) is 5.10 Å². The number of nitrogens with zero attached hydrogens (tertiary/aromatic N) is 1. The fraction of sp³-hybridized carbons (Fsp3) is 0.308. The molecule has 0 aliphatic heterocycles. The van der Waals surface area contributed by atoms with E-state index >= 15 is 0 Å². The molecule has 90 valence electrons. The molecule has 17 heavy (non-hydrogen) atoms. The zero-order valence-corrected chi connectivity index (χ0v) is 10.1. The average Bonchev–Trinajstić information content (AvgIpc) is 2.59. The first kappa shape index (κ1) is 11.5. The Morgan fingerprint density at radius 3 is 2.47 bits per heavy atom. The molecule has 0 spiro atoms. The van der Waals surface area contributed by atoms with Crippen LogP contribution in [0, 0.1) is 0 Å². The van der Waals surface area contributed by atoms with Gasteiger partial charge in [-0.3, -0.25) is 9.89 Å². The number of aromatic amines is 1. The van der Waals surface area contributed by atoms with Crippen LogP contribution in [-0.2, 0) is 6.54 Å². The number of rotatable bonds is 3. The molecule has 0 saturated heterocycles. The summed E-state index contributed by atoms with van der Waals surface area (Å²) in [5.74, 6) is 0.222. The van der Waals surface area contributed by atoms with Gasteiger partial charge in [0, 0.05) is 0 Å². The lowest BCUT2D eigenvalue weighted by Gasteiger charge is -2.03. The van der Waals surface area contributed by atoms with E-state index in [9.17, 15) is 4.79 Å². The lowest BCUT2D eigenvalue weighted by Crippen LogP contribution is -2.19. The molecule has 0 radical (unpaired) electrons. The second-order valence-electron chi connectivity index (χ2n) is 4.47. The molecule has 3 N–H and O–H groups in total. The van der Waals surface area contributed by atoms with Crippen molar-refractivity contribution < 1.29 is 0 Å². The maximum Gasteiger partial charge on any atom is 0.290 e. The SMILES string of the molecule is CC(C)c1[nH]n(Cc2ccccc2)c(=O)c1N. The monoisotopic (exact) mass is 231 g/mol. The highest BCUT2D eigenvalue weighted by atomic mass is 16.1. The molecule has 1 heterocycles. The van der Waals surface area contributed by atoms with Gasteiger partial charge in [-0.2, -0.15) is 0 Å². The Kier molecular flexibility index (Phi) is 3.04. The minimum Gasteiger partial charge on any atom is -0.393 e. The van der Waals surface area contributed by atoms with Crippen LogP contribution in [0.3, 0.4) is 0 Å². The van der Waals surface area contributed by atoms with Crippen molar-refractivity contribution in [3.63, 3.8) is 0 Å². The predicted octanol–water partition coefficient (Wildman–Crippen LogP) is 1.93. The second-order valence-corrected chi connectivity index (χ2v) is 4.47. The van der Waals surface area contributed by atoms with E-state index in [0.29, 0.717) is 12.2 Å². The van der Waals surface area contributed by atoms with E-state index in [4.69, 9.17) is 5.73 Å². The number of nitrogen functional groups attached to an aromatic ring is 1. The van der Waals surface area contributed by atoms with Crippen molar-refractivity contribution in [3.05, 3.63) is 51.9 Å². The lowest BCUT2D eigenvalue weighted by molar-refractivity contribution is 0.640. The number of aromatic nitrogens is 2. The molecule has 1 aromatic carbocycles. The number of hydrogen-bond acceptors (Lipinski definition) is 2. The van der Waals surface area contributed by atoms with Gasteiger partial charge in [-0.15, -0.1) is 0 Å². The molecule has 0 unspecified atom stereocenters. The Hall–Kier alpha value is -1.97. The molecular formula is C13H17N3O. The molecule has 0 bridgehead atoms. The highest BCUT2D eigenvalue weighted by Crippen LogP contribution is 2.16. The first-order chi connectivity index (χ1) is 8.09. The Balaban J connectivity index is 2.35. The van der Waals surface area contributed by atoms with Crippen LogP contribution < -0.4 is 11.3 Å². The molecule has 4 heteroatoms. The molecule has 2 rings (SSSR count). The Morgan fingerprint density at radius 2 is 1.94 bits per heavy atom. The number of H-pyrrole nitrogens is 1. The number of benzene rings is 1. The quantitative estimate of drug-likeness (QED) is 0.847. The molecule has 0 saturated carbocycles. The zero-order valence-electron chi connectivity index (χ0n) is 10.1. The van der Waals surface area contributed by atoms with Gasteiger partial charge in [-0.1, -0.05) is 44.2 Å². The Bertz CT molecular complexity index is 552. The third kappa shape index (κ3) is 2.25. The maximum atomic E-state index is 11.9. The Labute approximate surface area is 100 Å². The van der Waals surface area contributed by atoms with Crippen molar-refractivity contribution in [2.75, 3.05) is 5.73 Å². The van der Waals surface area contributed by atoms with E-state index in [1.54, 1.807) is 4.68 Å². The summed E-state index contributed by atoms with van der Waals surface area (Å²) in [7, 11) is 0. The van der Waals surface area contributed by atoms with Crippen LogP contribution in [0.1, 0.15) is 31.0 Å². The first-order valence-electron chi connectivity index (χ1n) is 5.71. The van der Waals surface area contributed by atoms with Gasteiger partial charge in [0.25, 0.3) is 5.56 Å². The smallest absolute Gasteiger partial charge is 0.290 e. The van der Waals surface area contributed by atoms with Gasteiger partial charge >= 0.3 is 0 Å². The minimum atomic E-state index is -0.141. The van der Waals surface area contributed by atoms with Gasteiger partial charge in [0.2, 0.25) is 0 Å². The highest BCUT2D eigenvalue weighted by molar-refractivity contribution is 5.42. The average molecular weight is 231 g/mol. The summed E-state index contributed by atoms with van der Waals surface area (Å²) in [4.78, 5) is 11.9. The fourth-order valence-corrected chi connectivity index (χ4v) is 1.83. The van der Waals surface area contributed by atoms with Gasteiger partial charge < -0.3 is 5.73 Å². The van der Waals surface area contributed by atoms with Gasteiger partial charge in [-0.05, 0) is 11.5 Å². The van der Waals surface area contributed by atoms with E-state index < -0.39 is 0 Å². The summed E-state index contributed by atoms with van der Waals surface area (Å²) in [6.45, 7) is 4.54. The fourth-order valence-electron chi connectivity index (χ4n) is 1.83. The molecular weight excluding hydrogens is 214 g/mol. The maximum absolute atomic E-state index is 11.9. The van der Waals surface area contributed by atoms with Crippen molar-refractivity contribution in [1.29, 1.82) is 0 Å². The number of nitrogens with one attached hydrogen (secondary N) is 1. The van der Waals surface area contributed by atoms with Crippen LogP contribution in [0.15, 0.2) is 35.1 Å². The molecule has 0 atom stereocenters.